The van der Waals surface area contributed by atoms with Crippen molar-refractivity contribution in [1.82, 2.24) is 15.3 Å². The van der Waals surface area contributed by atoms with Crippen LogP contribution in [0.2, 0.25) is 0 Å². The molecule has 0 bridgehead atoms. The van der Waals surface area contributed by atoms with Gasteiger partial charge < -0.3 is 20.5 Å². The number of methoxy groups -OCH3 is 1. The molecule has 3 aromatic rings. The van der Waals surface area contributed by atoms with Crippen molar-refractivity contribution in [1.29, 1.82) is 0 Å². The third-order valence-corrected chi connectivity index (χ3v) is 4.37. The van der Waals surface area contributed by atoms with Crippen LogP contribution in [0, 0.1) is 0 Å². The number of aromatic hydroxyl groups is 1. The van der Waals surface area contributed by atoms with E-state index in [0.29, 0.717) is 22.8 Å². The van der Waals surface area contributed by atoms with E-state index < -0.39 is 0 Å². The topological polar surface area (TPSA) is 96.4 Å². The molecule has 7 heteroatoms. The molecule has 144 valence electrons. The fourth-order valence-electron chi connectivity index (χ4n) is 2.78. The lowest BCUT2D eigenvalue weighted by Gasteiger charge is -2.16. The monoisotopic (exact) mass is 378 g/mol. The molecule has 0 saturated heterocycles. The second kappa shape index (κ2) is 8.39. The number of carbonyl (C=O) groups is 1. The van der Waals surface area contributed by atoms with Crippen molar-refractivity contribution in [3.8, 4) is 22.8 Å². The van der Waals surface area contributed by atoms with Crippen molar-refractivity contribution in [3.05, 3.63) is 66.0 Å². The van der Waals surface area contributed by atoms with Crippen LogP contribution in [-0.4, -0.2) is 35.1 Å². The maximum Gasteiger partial charge on any atom is 0.251 e. The maximum atomic E-state index is 11.7. The maximum absolute atomic E-state index is 11.7. The van der Waals surface area contributed by atoms with Crippen molar-refractivity contribution in [3.63, 3.8) is 0 Å². The summed E-state index contributed by atoms with van der Waals surface area (Å²) in [6, 6.07) is 12.4. The van der Waals surface area contributed by atoms with Gasteiger partial charge in [-0.3, -0.25) is 9.78 Å². The molecular weight excluding hydrogens is 356 g/mol. The van der Waals surface area contributed by atoms with Crippen LogP contribution in [-0.2, 0) is 0 Å². The minimum atomic E-state index is -0.116. The van der Waals surface area contributed by atoms with Crippen LogP contribution < -0.4 is 15.4 Å². The molecule has 3 rings (SSSR count). The largest absolute Gasteiger partial charge is 0.504 e. The summed E-state index contributed by atoms with van der Waals surface area (Å²) in [5.74, 6) is 0.951. The molecule has 0 fully saturated rings. The highest BCUT2D eigenvalue weighted by molar-refractivity contribution is 5.93. The van der Waals surface area contributed by atoms with Gasteiger partial charge in [0.1, 0.15) is 5.82 Å². The normalized spacial score (nSPS) is 11.5. The minimum Gasteiger partial charge on any atom is -0.504 e. The standard InChI is InChI=1S/C21H22N4O3/c1-13(14-4-6-15(7-5-14)21(27)22-2)24-20-12-23-11-17(25-20)16-8-9-18(26)19(10-16)28-3/h4-13,26H,1-3H3,(H,22,27)(H,24,25). The third-order valence-electron chi connectivity index (χ3n) is 4.37. The number of anilines is 1. The predicted octanol–water partition coefficient (Wildman–Crippen LogP) is 3.39. The summed E-state index contributed by atoms with van der Waals surface area (Å²) in [4.78, 5) is 20.5. The van der Waals surface area contributed by atoms with Gasteiger partial charge in [-0.2, -0.15) is 0 Å². The van der Waals surface area contributed by atoms with E-state index in [1.807, 2.05) is 19.1 Å². The summed E-state index contributed by atoms with van der Waals surface area (Å²) in [6.07, 6.45) is 3.30. The van der Waals surface area contributed by atoms with Crippen molar-refractivity contribution in [2.75, 3.05) is 19.5 Å². The molecular formula is C21H22N4O3. The second-order valence-corrected chi connectivity index (χ2v) is 6.24. The number of nitrogens with zero attached hydrogens (tertiary/aromatic N) is 2. The number of aromatic nitrogens is 2. The summed E-state index contributed by atoms with van der Waals surface area (Å²) in [5, 5.41) is 15.7. The lowest BCUT2D eigenvalue weighted by Crippen LogP contribution is -2.17. The Kier molecular flexibility index (Phi) is 5.74. The zero-order valence-electron chi connectivity index (χ0n) is 15.9. The quantitative estimate of drug-likeness (QED) is 0.608. The van der Waals surface area contributed by atoms with Gasteiger partial charge in [0.15, 0.2) is 11.5 Å². The zero-order chi connectivity index (χ0) is 20.1. The fourth-order valence-corrected chi connectivity index (χ4v) is 2.78. The van der Waals surface area contributed by atoms with E-state index in [-0.39, 0.29) is 17.7 Å². The predicted molar refractivity (Wildman–Crippen MR) is 108 cm³/mol. The number of hydrogen-bond acceptors (Lipinski definition) is 6. The highest BCUT2D eigenvalue weighted by Crippen LogP contribution is 2.31. The summed E-state index contributed by atoms with van der Waals surface area (Å²) in [7, 11) is 3.11. The van der Waals surface area contributed by atoms with Gasteiger partial charge in [0.25, 0.3) is 5.91 Å². The van der Waals surface area contributed by atoms with Gasteiger partial charge in [0.2, 0.25) is 0 Å². The molecule has 1 unspecified atom stereocenters. The smallest absolute Gasteiger partial charge is 0.251 e. The molecule has 0 radical (unpaired) electrons. The van der Waals surface area contributed by atoms with Gasteiger partial charge >= 0.3 is 0 Å². The average Bonchev–Trinajstić information content (AvgIpc) is 2.73. The molecule has 0 spiro atoms. The van der Waals surface area contributed by atoms with Crippen molar-refractivity contribution >= 4 is 11.7 Å². The number of hydrogen-bond donors (Lipinski definition) is 3. The van der Waals surface area contributed by atoms with E-state index in [2.05, 4.69) is 20.6 Å². The Morgan fingerprint density at radius 1 is 1.14 bits per heavy atom. The number of nitrogens with one attached hydrogen (secondary N) is 2. The molecule has 1 aromatic heterocycles. The Balaban J connectivity index is 1.78. The second-order valence-electron chi connectivity index (χ2n) is 6.24. The van der Waals surface area contributed by atoms with Gasteiger partial charge in [-0.25, -0.2) is 4.98 Å². The van der Waals surface area contributed by atoms with E-state index in [1.165, 1.54) is 7.11 Å². The van der Waals surface area contributed by atoms with Gasteiger partial charge in [-0.1, -0.05) is 12.1 Å². The molecule has 1 amide bonds. The number of phenolic OH excluding ortho intramolecular Hbond substituents is 1. The molecule has 3 N–H and O–H groups in total. The Morgan fingerprint density at radius 2 is 1.89 bits per heavy atom. The van der Waals surface area contributed by atoms with Crippen molar-refractivity contribution in [2.24, 2.45) is 0 Å². The van der Waals surface area contributed by atoms with Crippen LogP contribution in [0.25, 0.3) is 11.3 Å². The number of amides is 1. The lowest BCUT2D eigenvalue weighted by atomic mass is 10.1. The van der Waals surface area contributed by atoms with Gasteiger partial charge in [-0.15, -0.1) is 0 Å². The summed E-state index contributed by atoms with van der Waals surface area (Å²) >= 11 is 0. The van der Waals surface area contributed by atoms with Gasteiger partial charge in [0, 0.05) is 24.2 Å². The van der Waals surface area contributed by atoms with Gasteiger partial charge in [-0.05, 0) is 42.8 Å². The highest BCUT2D eigenvalue weighted by Gasteiger charge is 2.11. The van der Waals surface area contributed by atoms with E-state index >= 15 is 0 Å². The molecule has 0 aliphatic heterocycles. The Bertz CT molecular complexity index is 974. The van der Waals surface area contributed by atoms with Crippen molar-refractivity contribution in [2.45, 2.75) is 13.0 Å². The van der Waals surface area contributed by atoms with Crippen LogP contribution >= 0.6 is 0 Å². The summed E-state index contributed by atoms with van der Waals surface area (Å²) in [5.41, 5.74) is 3.08. The Hall–Kier alpha value is -3.61. The number of ether oxygens (including phenoxy) is 1. The van der Waals surface area contributed by atoms with Crippen LogP contribution in [0.3, 0.4) is 0 Å². The number of rotatable bonds is 6. The molecule has 0 saturated carbocycles. The van der Waals surface area contributed by atoms with Crippen molar-refractivity contribution < 1.29 is 14.6 Å². The first-order valence-corrected chi connectivity index (χ1v) is 8.80. The van der Waals surface area contributed by atoms with E-state index in [1.54, 1.807) is 49.8 Å². The summed E-state index contributed by atoms with van der Waals surface area (Å²) < 4.78 is 5.15. The first-order chi connectivity index (χ1) is 13.5. The van der Waals surface area contributed by atoms with Crippen LogP contribution in [0.5, 0.6) is 11.5 Å². The van der Waals surface area contributed by atoms with Crippen LogP contribution in [0.4, 0.5) is 5.82 Å². The zero-order valence-corrected chi connectivity index (χ0v) is 15.9. The Labute approximate surface area is 163 Å². The average molecular weight is 378 g/mol. The lowest BCUT2D eigenvalue weighted by molar-refractivity contribution is 0.0963. The van der Waals surface area contributed by atoms with Gasteiger partial charge in [0.05, 0.1) is 25.2 Å². The Morgan fingerprint density at radius 3 is 2.57 bits per heavy atom. The fraction of sp³-hybridized carbons (Fsp3) is 0.190. The molecule has 2 aromatic carbocycles. The van der Waals surface area contributed by atoms with E-state index in [0.717, 1.165) is 11.1 Å². The molecule has 28 heavy (non-hydrogen) atoms. The van der Waals surface area contributed by atoms with E-state index in [9.17, 15) is 9.90 Å². The third kappa shape index (κ3) is 4.20. The number of carbonyl (C=O) groups excluding carboxylic acids is 1. The molecule has 0 aliphatic rings. The molecule has 0 aliphatic carbocycles. The number of phenols is 1. The first-order valence-electron chi connectivity index (χ1n) is 8.80. The molecule has 7 nitrogen and oxygen atoms in total. The van der Waals surface area contributed by atoms with E-state index in [4.69, 9.17) is 4.74 Å². The highest BCUT2D eigenvalue weighted by atomic mass is 16.5. The summed E-state index contributed by atoms with van der Waals surface area (Å²) in [6.45, 7) is 2.01. The molecule has 1 atom stereocenters. The SMILES string of the molecule is CNC(=O)c1ccc(C(C)Nc2cncc(-c3ccc(O)c(OC)c3)n2)cc1. The van der Waals surface area contributed by atoms with Crippen LogP contribution in [0.15, 0.2) is 54.9 Å². The first kappa shape index (κ1) is 19.2. The minimum absolute atomic E-state index is 0.0300. The number of benzene rings is 2. The van der Waals surface area contributed by atoms with Crippen LogP contribution in [0.1, 0.15) is 28.9 Å². The molecule has 1 heterocycles.